The lowest BCUT2D eigenvalue weighted by Crippen LogP contribution is -2.14. The summed E-state index contributed by atoms with van der Waals surface area (Å²) >= 11 is 5.99. The molecule has 0 aliphatic carbocycles. The summed E-state index contributed by atoms with van der Waals surface area (Å²) in [6.45, 7) is 3.95. The van der Waals surface area contributed by atoms with E-state index in [1.54, 1.807) is 24.5 Å². The van der Waals surface area contributed by atoms with E-state index in [4.69, 9.17) is 11.6 Å². The molecule has 4 heteroatoms. The minimum atomic E-state index is -0.169. The number of hydrogen-bond acceptors (Lipinski definition) is 2. The highest BCUT2D eigenvalue weighted by molar-refractivity contribution is 6.31. The van der Waals surface area contributed by atoms with Gasteiger partial charge in [0, 0.05) is 28.5 Å². The summed E-state index contributed by atoms with van der Waals surface area (Å²) in [6, 6.07) is 11.4. The van der Waals surface area contributed by atoms with E-state index >= 15 is 0 Å². The van der Waals surface area contributed by atoms with E-state index in [2.05, 4.69) is 10.3 Å². The quantitative estimate of drug-likeness (QED) is 0.741. The molecule has 22 heavy (non-hydrogen) atoms. The number of fused-ring (bicyclic) bond motifs is 1. The van der Waals surface area contributed by atoms with Crippen LogP contribution in [0.3, 0.4) is 0 Å². The predicted molar refractivity (Wildman–Crippen MR) is 90.6 cm³/mol. The lowest BCUT2D eigenvalue weighted by molar-refractivity contribution is 0.102. The Kier molecular flexibility index (Phi) is 3.82. The molecular formula is C18H15ClN2O. The Bertz CT molecular complexity index is 854. The molecule has 3 rings (SSSR count). The van der Waals surface area contributed by atoms with E-state index in [1.165, 1.54) is 0 Å². The molecule has 1 amide bonds. The third-order valence-corrected chi connectivity index (χ3v) is 3.92. The van der Waals surface area contributed by atoms with Crippen molar-refractivity contribution >= 4 is 34.0 Å². The number of rotatable bonds is 2. The summed E-state index contributed by atoms with van der Waals surface area (Å²) in [5.74, 6) is -0.169. The van der Waals surface area contributed by atoms with Crippen molar-refractivity contribution < 1.29 is 4.79 Å². The molecule has 1 heterocycles. The summed E-state index contributed by atoms with van der Waals surface area (Å²) < 4.78 is 0. The number of pyridine rings is 1. The van der Waals surface area contributed by atoms with Gasteiger partial charge in [0.2, 0.25) is 0 Å². The van der Waals surface area contributed by atoms with Crippen LogP contribution in [0.15, 0.2) is 48.8 Å². The molecule has 0 atom stereocenters. The summed E-state index contributed by atoms with van der Waals surface area (Å²) in [5, 5.41) is 5.30. The Balaban J connectivity index is 2.03. The largest absolute Gasteiger partial charge is 0.321 e. The molecule has 3 aromatic rings. The third-order valence-electron chi connectivity index (χ3n) is 3.69. The fourth-order valence-corrected chi connectivity index (χ4v) is 2.70. The van der Waals surface area contributed by atoms with Crippen LogP contribution >= 0.6 is 11.6 Å². The Hall–Kier alpha value is -2.39. The first-order chi connectivity index (χ1) is 10.6. The first-order valence-electron chi connectivity index (χ1n) is 6.97. The summed E-state index contributed by atoms with van der Waals surface area (Å²) in [6.07, 6.45) is 3.29. The number of hydrogen-bond donors (Lipinski definition) is 1. The smallest absolute Gasteiger partial charge is 0.257 e. The van der Waals surface area contributed by atoms with Crippen molar-refractivity contribution in [3.8, 4) is 0 Å². The van der Waals surface area contributed by atoms with Crippen LogP contribution in [0.5, 0.6) is 0 Å². The van der Waals surface area contributed by atoms with Crippen molar-refractivity contribution in [3.05, 3.63) is 70.5 Å². The molecule has 0 bridgehead atoms. The molecule has 0 unspecified atom stereocenters. The van der Waals surface area contributed by atoms with Gasteiger partial charge in [0.1, 0.15) is 0 Å². The van der Waals surface area contributed by atoms with Crippen LogP contribution in [0.25, 0.3) is 10.8 Å². The SMILES string of the molecule is Cc1cccc(C)c1NC(=O)c1cncc2cc(Cl)ccc12. The van der Waals surface area contributed by atoms with Crippen LogP contribution in [0.4, 0.5) is 5.69 Å². The Morgan fingerprint density at radius 3 is 2.55 bits per heavy atom. The minimum Gasteiger partial charge on any atom is -0.321 e. The number of aromatic nitrogens is 1. The molecule has 0 saturated heterocycles. The Morgan fingerprint density at radius 1 is 1.09 bits per heavy atom. The van der Waals surface area contributed by atoms with E-state index < -0.39 is 0 Å². The average molecular weight is 311 g/mol. The maximum Gasteiger partial charge on any atom is 0.257 e. The van der Waals surface area contributed by atoms with Gasteiger partial charge < -0.3 is 5.32 Å². The van der Waals surface area contributed by atoms with Crippen LogP contribution < -0.4 is 5.32 Å². The molecule has 0 aliphatic rings. The predicted octanol–water partition coefficient (Wildman–Crippen LogP) is 4.76. The number of halogens is 1. The van der Waals surface area contributed by atoms with E-state index in [-0.39, 0.29) is 5.91 Å². The molecule has 0 aliphatic heterocycles. The second-order valence-electron chi connectivity index (χ2n) is 5.27. The second kappa shape index (κ2) is 5.78. The summed E-state index contributed by atoms with van der Waals surface area (Å²) in [4.78, 5) is 16.8. The lowest BCUT2D eigenvalue weighted by Gasteiger charge is -2.12. The van der Waals surface area contributed by atoms with Gasteiger partial charge in [-0.15, -0.1) is 0 Å². The van der Waals surface area contributed by atoms with Crippen LogP contribution in [0.1, 0.15) is 21.5 Å². The Morgan fingerprint density at radius 2 is 1.82 bits per heavy atom. The van der Waals surface area contributed by atoms with Crippen molar-refractivity contribution in [1.29, 1.82) is 0 Å². The topological polar surface area (TPSA) is 42.0 Å². The van der Waals surface area contributed by atoms with Gasteiger partial charge in [0.25, 0.3) is 5.91 Å². The van der Waals surface area contributed by atoms with E-state index in [0.717, 1.165) is 27.6 Å². The van der Waals surface area contributed by atoms with Gasteiger partial charge in [-0.1, -0.05) is 35.9 Å². The van der Waals surface area contributed by atoms with Gasteiger partial charge in [-0.25, -0.2) is 0 Å². The monoisotopic (exact) mass is 310 g/mol. The van der Waals surface area contributed by atoms with Crippen molar-refractivity contribution in [2.24, 2.45) is 0 Å². The molecular weight excluding hydrogens is 296 g/mol. The molecule has 2 aromatic carbocycles. The molecule has 110 valence electrons. The fraction of sp³-hybridized carbons (Fsp3) is 0.111. The molecule has 0 radical (unpaired) electrons. The highest BCUT2D eigenvalue weighted by Crippen LogP contribution is 2.24. The highest BCUT2D eigenvalue weighted by Gasteiger charge is 2.13. The first-order valence-corrected chi connectivity index (χ1v) is 7.35. The highest BCUT2D eigenvalue weighted by atomic mass is 35.5. The number of benzene rings is 2. The number of amides is 1. The standard InChI is InChI=1S/C18H15ClN2O/c1-11-4-3-5-12(2)17(11)21-18(22)16-10-20-9-13-8-14(19)6-7-15(13)16/h3-10H,1-2H3,(H,21,22). The number of nitrogens with one attached hydrogen (secondary N) is 1. The third kappa shape index (κ3) is 2.68. The fourth-order valence-electron chi connectivity index (χ4n) is 2.52. The van der Waals surface area contributed by atoms with Gasteiger partial charge in [-0.2, -0.15) is 0 Å². The molecule has 0 fully saturated rings. The molecule has 3 nitrogen and oxygen atoms in total. The average Bonchev–Trinajstić information content (AvgIpc) is 2.50. The molecule has 0 saturated carbocycles. The summed E-state index contributed by atoms with van der Waals surface area (Å²) in [5.41, 5.74) is 3.45. The van der Waals surface area contributed by atoms with Crippen LogP contribution in [0, 0.1) is 13.8 Å². The zero-order valence-corrected chi connectivity index (χ0v) is 13.1. The van der Waals surface area contributed by atoms with Crippen LogP contribution in [-0.4, -0.2) is 10.9 Å². The minimum absolute atomic E-state index is 0.169. The summed E-state index contributed by atoms with van der Waals surface area (Å²) in [7, 11) is 0. The maximum atomic E-state index is 12.6. The van der Waals surface area contributed by atoms with Gasteiger partial charge in [-0.05, 0) is 42.5 Å². The van der Waals surface area contributed by atoms with E-state index in [1.807, 2.05) is 38.1 Å². The van der Waals surface area contributed by atoms with Crippen molar-refractivity contribution in [3.63, 3.8) is 0 Å². The van der Waals surface area contributed by atoms with Crippen LogP contribution in [0.2, 0.25) is 5.02 Å². The number of carbonyl (C=O) groups is 1. The van der Waals surface area contributed by atoms with Crippen molar-refractivity contribution in [1.82, 2.24) is 4.98 Å². The second-order valence-corrected chi connectivity index (χ2v) is 5.71. The van der Waals surface area contributed by atoms with Crippen LogP contribution in [-0.2, 0) is 0 Å². The maximum absolute atomic E-state index is 12.6. The van der Waals surface area contributed by atoms with E-state index in [9.17, 15) is 4.79 Å². The number of carbonyl (C=O) groups excluding carboxylic acids is 1. The number of nitrogens with zero attached hydrogens (tertiary/aromatic N) is 1. The van der Waals surface area contributed by atoms with Crippen molar-refractivity contribution in [2.45, 2.75) is 13.8 Å². The number of anilines is 1. The van der Waals surface area contributed by atoms with Gasteiger partial charge in [0.15, 0.2) is 0 Å². The number of aryl methyl sites for hydroxylation is 2. The first kappa shape index (κ1) is 14.5. The number of para-hydroxylation sites is 1. The molecule has 1 N–H and O–H groups in total. The normalized spacial score (nSPS) is 10.7. The van der Waals surface area contributed by atoms with E-state index in [0.29, 0.717) is 10.6 Å². The molecule has 1 aromatic heterocycles. The van der Waals surface area contributed by atoms with Gasteiger partial charge >= 0.3 is 0 Å². The zero-order chi connectivity index (χ0) is 15.7. The lowest BCUT2D eigenvalue weighted by atomic mass is 10.1. The van der Waals surface area contributed by atoms with Gasteiger partial charge in [-0.3, -0.25) is 9.78 Å². The molecule has 0 spiro atoms. The van der Waals surface area contributed by atoms with Gasteiger partial charge in [0.05, 0.1) is 5.56 Å². The zero-order valence-electron chi connectivity index (χ0n) is 12.4. The van der Waals surface area contributed by atoms with Crippen molar-refractivity contribution in [2.75, 3.05) is 5.32 Å². The Labute approximate surface area is 133 Å².